The van der Waals surface area contributed by atoms with Gasteiger partial charge in [-0.3, -0.25) is 4.99 Å². The molecule has 3 aromatic carbocycles. The number of benzene rings is 3. The Morgan fingerprint density at radius 3 is 2.17 bits per heavy atom. The molecule has 0 amide bonds. The lowest BCUT2D eigenvalue weighted by molar-refractivity contribution is 0.306. The molecule has 0 heterocycles. The van der Waals surface area contributed by atoms with E-state index in [9.17, 15) is 0 Å². The lowest BCUT2D eigenvalue weighted by Crippen LogP contribution is -2.23. The lowest BCUT2D eigenvalue weighted by atomic mass is 10.1. The fourth-order valence-corrected chi connectivity index (χ4v) is 2.66. The number of aliphatic imine (C=N–C) groups is 1. The van der Waals surface area contributed by atoms with E-state index < -0.39 is 0 Å². The molecule has 0 fully saturated rings. The first-order chi connectivity index (χ1) is 13.7. The summed E-state index contributed by atoms with van der Waals surface area (Å²) >= 11 is 0. The summed E-state index contributed by atoms with van der Waals surface area (Å²) < 4.78 is 10.9. The molecule has 0 aliphatic rings. The topological polar surface area (TPSA) is 68.9 Å². The molecule has 0 spiro atoms. The van der Waals surface area contributed by atoms with Gasteiger partial charge in [0, 0.05) is 12.2 Å². The minimum atomic E-state index is 0. The summed E-state index contributed by atoms with van der Waals surface area (Å²) in [7, 11) is 1.64. The van der Waals surface area contributed by atoms with Crippen LogP contribution in [0.15, 0.2) is 83.9 Å². The second kappa shape index (κ2) is 12.0. The van der Waals surface area contributed by atoms with Crippen LogP contribution in [-0.4, -0.2) is 19.6 Å². The Labute approximate surface area is 189 Å². The Morgan fingerprint density at radius 1 is 0.862 bits per heavy atom. The van der Waals surface area contributed by atoms with Crippen LogP contribution in [0.25, 0.3) is 0 Å². The molecule has 3 N–H and O–H groups in total. The van der Waals surface area contributed by atoms with Gasteiger partial charge in [0.1, 0.15) is 18.1 Å². The second-order valence-corrected chi connectivity index (χ2v) is 6.29. The minimum absolute atomic E-state index is 0. The van der Waals surface area contributed by atoms with Crippen molar-refractivity contribution in [2.75, 3.05) is 19.0 Å². The number of methoxy groups -OCH3 is 1. The van der Waals surface area contributed by atoms with Crippen LogP contribution in [-0.2, 0) is 13.0 Å². The van der Waals surface area contributed by atoms with Crippen molar-refractivity contribution in [2.24, 2.45) is 10.7 Å². The third-order valence-electron chi connectivity index (χ3n) is 4.22. The summed E-state index contributed by atoms with van der Waals surface area (Å²) in [6, 6.07) is 25.8. The molecule has 0 unspecified atom stereocenters. The predicted octanol–water partition coefficient (Wildman–Crippen LogP) is 4.86. The van der Waals surface area contributed by atoms with Gasteiger partial charge in [-0.25, -0.2) is 0 Å². The van der Waals surface area contributed by atoms with Crippen LogP contribution in [0.5, 0.6) is 11.5 Å². The number of nitrogens with one attached hydrogen (secondary N) is 1. The maximum absolute atomic E-state index is 5.95. The van der Waals surface area contributed by atoms with E-state index in [1.54, 1.807) is 7.11 Å². The van der Waals surface area contributed by atoms with Crippen molar-refractivity contribution in [2.45, 2.75) is 13.0 Å². The van der Waals surface area contributed by atoms with E-state index in [-0.39, 0.29) is 24.0 Å². The van der Waals surface area contributed by atoms with E-state index in [0.29, 0.717) is 19.1 Å². The minimum Gasteiger partial charge on any atom is -0.497 e. The summed E-state index contributed by atoms with van der Waals surface area (Å²) in [6.07, 6.45) is 0.809. The Morgan fingerprint density at radius 2 is 1.52 bits per heavy atom. The number of rotatable bonds is 8. The number of hydrogen-bond donors (Lipinski definition) is 2. The van der Waals surface area contributed by atoms with Crippen molar-refractivity contribution in [3.63, 3.8) is 0 Å². The Hall–Kier alpha value is -2.74. The number of hydrogen-bond acceptors (Lipinski definition) is 3. The molecule has 29 heavy (non-hydrogen) atoms. The van der Waals surface area contributed by atoms with Crippen LogP contribution in [0.3, 0.4) is 0 Å². The lowest BCUT2D eigenvalue weighted by Gasteiger charge is -2.08. The summed E-state index contributed by atoms with van der Waals surface area (Å²) in [5.41, 5.74) is 9.17. The molecule has 0 aliphatic heterocycles. The van der Waals surface area contributed by atoms with Crippen molar-refractivity contribution in [1.82, 2.24) is 0 Å². The van der Waals surface area contributed by atoms with Gasteiger partial charge in [-0.1, -0.05) is 42.5 Å². The highest BCUT2D eigenvalue weighted by Crippen LogP contribution is 2.16. The second-order valence-electron chi connectivity index (χ2n) is 6.29. The van der Waals surface area contributed by atoms with Gasteiger partial charge in [0.25, 0.3) is 0 Å². The maximum atomic E-state index is 5.95. The zero-order valence-electron chi connectivity index (χ0n) is 16.4. The molecule has 0 bridgehead atoms. The Kier molecular flexibility index (Phi) is 9.30. The first-order valence-corrected chi connectivity index (χ1v) is 9.19. The number of nitrogens with two attached hydrogens (primary N) is 1. The Bertz CT molecular complexity index is 882. The average Bonchev–Trinajstić information content (AvgIpc) is 2.74. The highest BCUT2D eigenvalue weighted by Gasteiger charge is 1.99. The summed E-state index contributed by atoms with van der Waals surface area (Å²) in [4.78, 5) is 4.38. The van der Waals surface area contributed by atoms with Crippen molar-refractivity contribution >= 4 is 35.6 Å². The fraction of sp³-hybridized carbons (Fsp3) is 0.174. The van der Waals surface area contributed by atoms with Gasteiger partial charge in [0.05, 0.1) is 7.11 Å². The van der Waals surface area contributed by atoms with E-state index in [2.05, 4.69) is 34.6 Å². The molecule has 152 valence electrons. The van der Waals surface area contributed by atoms with E-state index in [1.165, 1.54) is 5.56 Å². The summed E-state index contributed by atoms with van der Waals surface area (Å²) in [5, 5.41) is 3.07. The van der Waals surface area contributed by atoms with Crippen molar-refractivity contribution in [1.29, 1.82) is 0 Å². The van der Waals surface area contributed by atoms with Crippen LogP contribution in [0.2, 0.25) is 0 Å². The molecule has 0 radical (unpaired) electrons. The van der Waals surface area contributed by atoms with Gasteiger partial charge in [0.2, 0.25) is 0 Å². The van der Waals surface area contributed by atoms with Crippen LogP contribution < -0.4 is 20.5 Å². The highest BCUT2D eigenvalue weighted by atomic mass is 127. The maximum Gasteiger partial charge on any atom is 0.193 e. The summed E-state index contributed by atoms with van der Waals surface area (Å²) in [5.74, 6) is 2.06. The van der Waals surface area contributed by atoms with E-state index in [1.807, 2.05) is 54.6 Å². The van der Waals surface area contributed by atoms with Crippen molar-refractivity contribution in [3.8, 4) is 11.5 Å². The normalized spacial score (nSPS) is 10.7. The molecule has 0 aromatic heterocycles. The quantitative estimate of drug-likeness (QED) is 0.262. The van der Waals surface area contributed by atoms with Gasteiger partial charge < -0.3 is 20.5 Å². The van der Waals surface area contributed by atoms with E-state index in [4.69, 9.17) is 15.2 Å². The molecule has 3 aromatic rings. The fourth-order valence-electron chi connectivity index (χ4n) is 2.66. The average molecular weight is 503 g/mol. The monoisotopic (exact) mass is 503 g/mol. The molecule has 5 nitrogen and oxygen atoms in total. The standard InChI is InChI=1S/C23H25N3O2.HI/c1-27-21-13-9-20(10-14-21)26-23(24)25-16-15-18-7-11-22(12-8-18)28-17-19-5-3-2-4-6-19;/h2-14H,15-17H2,1H3,(H3,24,25,26);1H. The van der Waals surface area contributed by atoms with Crippen LogP contribution in [0, 0.1) is 0 Å². The van der Waals surface area contributed by atoms with Crippen LogP contribution >= 0.6 is 24.0 Å². The van der Waals surface area contributed by atoms with E-state index >= 15 is 0 Å². The predicted molar refractivity (Wildman–Crippen MR) is 129 cm³/mol. The van der Waals surface area contributed by atoms with Gasteiger partial charge in [0.15, 0.2) is 5.96 Å². The molecule has 3 rings (SSSR count). The van der Waals surface area contributed by atoms with Gasteiger partial charge >= 0.3 is 0 Å². The molecule has 6 heteroatoms. The van der Waals surface area contributed by atoms with Gasteiger partial charge in [-0.2, -0.15) is 0 Å². The smallest absolute Gasteiger partial charge is 0.193 e. The highest BCUT2D eigenvalue weighted by molar-refractivity contribution is 14.0. The van der Waals surface area contributed by atoms with Crippen molar-refractivity contribution in [3.05, 3.63) is 90.0 Å². The van der Waals surface area contributed by atoms with Crippen LogP contribution in [0.4, 0.5) is 5.69 Å². The SMILES string of the molecule is COc1ccc(NC(N)=NCCc2ccc(OCc3ccccc3)cc2)cc1.I. The van der Waals surface area contributed by atoms with Crippen LogP contribution in [0.1, 0.15) is 11.1 Å². The first-order valence-electron chi connectivity index (χ1n) is 9.19. The number of halogens is 1. The molecule has 0 saturated carbocycles. The van der Waals surface area contributed by atoms with E-state index in [0.717, 1.165) is 29.2 Å². The molecule has 0 saturated heterocycles. The molecular formula is C23H26IN3O2. The number of nitrogens with zero attached hydrogens (tertiary/aromatic N) is 1. The van der Waals surface area contributed by atoms with Gasteiger partial charge in [-0.15, -0.1) is 24.0 Å². The summed E-state index contributed by atoms with van der Waals surface area (Å²) in [6.45, 7) is 1.18. The molecular weight excluding hydrogens is 477 g/mol. The third-order valence-corrected chi connectivity index (χ3v) is 4.22. The number of guanidine groups is 1. The molecule has 0 aliphatic carbocycles. The first kappa shape index (κ1) is 22.5. The number of ether oxygens (including phenoxy) is 2. The largest absolute Gasteiger partial charge is 0.497 e. The number of anilines is 1. The third kappa shape index (κ3) is 7.65. The van der Waals surface area contributed by atoms with Crippen molar-refractivity contribution < 1.29 is 9.47 Å². The van der Waals surface area contributed by atoms with Gasteiger partial charge in [-0.05, 0) is 53.9 Å². The zero-order valence-corrected chi connectivity index (χ0v) is 18.7. The molecule has 0 atom stereocenters. The zero-order chi connectivity index (χ0) is 19.6. The Balaban J connectivity index is 0.00000300.